The van der Waals surface area contributed by atoms with Crippen molar-refractivity contribution in [1.29, 1.82) is 0 Å². The van der Waals surface area contributed by atoms with Crippen LogP contribution in [0.15, 0.2) is 0 Å². The maximum atomic E-state index is 12.2. The van der Waals surface area contributed by atoms with Crippen LogP contribution in [0, 0.1) is 17.8 Å². The second-order valence-corrected chi connectivity index (χ2v) is 6.28. The lowest BCUT2D eigenvalue weighted by Gasteiger charge is -2.32. The fourth-order valence-electron chi connectivity index (χ4n) is 4.47. The second kappa shape index (κ2) is 5.20. The molecule has 3 heteroatoms. The average Bonchev–Trinajstić information content (AvgIpc) is 3.04. The van der Waals surface area contributed by atoms with Crippen LogP contribution in [-0.2, 0) is 9.53 Å². The number of fused-ring (bicyclic) bond motifs is 2. The van der Waals surface area contributed by atoms with Gasteiger partial charge in [0.05, 0.1) is 12.5 Å². The molecule has 0 saturated heterocycles. The van der Waals surface area contributed by atoms with E-state index in [2.05, 4.69) is 5.32 Å². The molecule has 0 aromatic rings. The Morgan fingerprint density at radius 2 is 1.89 bits per heavy atom. The topological polar surface area (TPSA) is 38.3 Å². The lowest BCUT2D eigenvalue weighted by Crippen LogP contribution is -2.48. The summed E-state index contributed by atoms with van der Waals surface area (Å²) in [6.07, 6.45) is 9.08. The number of rotatable bonds is 4. The molecule has 0 unspecified atom stereocenters. The van der Waals surface area contributed by atoms with Crippen molar-refractivity contribution in [3.63, 3.8) is 0 Å². The molecule has 3 fully saturated rings. The van der Waals surface area contributed by atoms with Crippen LogP contribution in [-0.4, -0.2) is 24.7 Å². The normalized spacial score (nSPS) is 39.4. The Labute approximate surface area is 110 Å². The molecule has 0 amide bonds. The van der Waals surface area contributed by atoms with Gasteiger partial charge in [0.1, 0.15) is 0 Å². The van der Waals surface area contributed by atoms with Gasteiger partial charge in [-0.2, -0.15) is 0 Å². The molecule has 0 spiro atoms. The molecule has 0 aromatic carbocycles. The highest BCUT2D eigenvalue weighted by Crippen LogP contribution is 2.49. The molecule has 2 bridgehead atoms. The van der Waals surface area contributed by atoms with E-state index >= 15 is 0 Å². The molecule has 18 heavy (non-hydrogen) atoms. The average molecular weight is 251 g/mol. The van der Waals surface area contributed by atoms with E-state index in [0.29, 0.717) is 24.6 Å². The van der Waals surface area contributed by atoms with Crippen molar-refractivity contribution in [2.24, 2.45) is 17.8 Å². The Bertz CT molecular complexity index is 312. The first kappa shape index (κ1) is 12.5. The van der Waals surface area contributed by atoms with Gasteiger partial charge >= 0.3 is 5.97 Å². The molecular weight excluding hydrogens is 226 g/mol. The van der Waals surface area contributed by atoms with Crippen LogP contribution in [0.3, 0.4) is 0 Å². The van der Waals surface area contributed by atoms with Gasteiger partial charge in [0, 0.05) is 12.1 Å². The largest absolute Gasteiger partial charge is 0.466 e. The molecule has 0 radical (unpaired) electrons. The SMILES string of the molecule is CCOC(=O)[C@@H]1[C@@H]2CC[C@@H](C2)[C@@H]1NC1CCCC1. The minimum atomic E-state index is 0.0557. The molecule has 3 aliphatic rings. The summed E-state index contributed by atoms with van der Waals surface area (Å²) in [5.41, 5.74) is 0. The van der Waals surface area contributed by atoms with E-state index in [4.69, 9.17) is 4.74 Å². The predicted molar refractivity (Wildman–Crippen MR) is 70.1 cm³/mol. The zero-order valence-corrected chi connectivity index (χ0v) is 11.4. The number of nitrogens with one attached hydrogen (secondary N) is 1. The van der Waals surface area contributed by atoms with Crippen LogP contribution in [0.25, 0.3) is 0 Å². The molecule has 102 valence electrons. The Morgan fingerprint density at radius 1 is 1.17 bits per heavy atom. The van der Waals surface area contributed by atoms with Gasteiger partial charge < -0.3 is 10.1 Å². The number of esters is 1. The minimum absolute atomic E-state index is 0.0557. The lowest BCUT2D eigenvalue weighted by atomic mass is 9.84. The second-order valence-electron chi connectivity index (χ2n) is 6.28. The summed E-state index contributed by atoms with van der Waals surface area (Å²) in [7, 11) is 0. The van der Waals surface area contributed by atoms with Gasteiger partial charge in [0.2, 0.25) is 0 Å². The Hall–Kier alpha value is -0.570. The van der Waals surface area contributed by atoms with Gasteiger partial charge in [-0.25, -0.2) is 0 Å². The first-order valence-corrected chi connectivity index (χ1v) is 7.72. The van der Waals surface area contributed by atoms with E-state index in [0.717, 1.165) is 5.92 Å². The van der Waals surface area contributed by atoms with E-state index in [-0.39, 0.29) is 11.9 Å². The first-order chi connectivity index (χ1) is 8.79. The summed E-state index contributed by atoms with van der Waals surface area (Å²) in [4.78, 5) is 12.2. The Morgan fingerprint density at radius 3 is 2.61 bits per heavy atom. The number of carbonyl (C=O) groups is 1. The molecule has 0 aliphatic heterocycles. The van der Waals surface area contributed by atoms with Crippen molar-refractivity contribution in [2.75, 3.05) is 6.61 Å². The highest BCUT2D eigenvalue weighted by Gasteiger charge is 2.51. The molecule has 3 nitrogen and oxygen atoms in total. The van der Waals surface area contributed by atoms with Gasteiger partial charge in [0.15, 0.2) is 0 Å². The van der Waals surface area contributed by atoms with Crippen molar-refractivity contribution in [1.82, 2.24) is 5.32 Å². The van der Waals surface area contributed by atoms with Crippen molar-refractivity contribution in [3.05, 3.63) is 0 Å². The van der Waals surface area contributed by atoms with Crippen LogP contribution in [0.1, 0.15) is 51.9 Å². The van der Waals surface area contributed by atoms with Crippen LogP contribution < -0.4 is 5.32 Å². The summed E-state index contributed by atoms with van der Waals surface area (Å²) in [5.74, 6) is 1.52. The number of hydrogen-bond donors (Lipinski definition) is 1. The van der Waals surface area contributed by atoms with E-state index < -0.39 is 0 Å². The number of carbonyl (C=O) groups excluding carboxylic acids is 1. The van der Waals surface area contributed by atoms with Gasteiger partial charge in [-0.1, -0.05) is 12.8 Å². The molecule has 0 heterocycles. The van der Waals surface area contributed by atoms with Crippen molar-refractivity contribution >= 4 is 5.97 Å². The molecule has 3 rings (SSSR count). The Balaban J connectivity index is 1.67. The highest BCUT2D eigenvalue weighted by atomic mass is 16.5. The van der Waals surface area contributed by atoms with E-state index in [9.17, 15) is 4.79 Å². The van der Waals surface area contributed by atoms with E-state index in [1.54, 1.807) is 0 Å². The monoisotopic (exact) mass is 251 g/mol. The van der Waals surface area contributed by atoms with Crippen LogP contribution in [0.5, 0.6) is 0 Å². The van der Waals surface area contributed by atoms with Gasteiger partial charge in [-0.05, 0) is 50.9 Å². The van der Waals surface area contributed by atoms with Gasteiger partial charge in [0.25, 0.3) is 0 Å². The zero-order chi connectivity index (χ0) is 12.5. The highest BCUT2D eigenvalue weighted by molar-refractivity contribution is 5.74. The maximum absolute atomic E-state index is 12.2. The third-order valence-electron chi connectivity index (χ3n) is 5.26. The summed E-state index contributed by atoms with van der Waals surface area (Å²) in [5, 5.41) is 3.80. The minimum Gasteiger partial charge on any atom is -0.466 e. The van der Waals surface area contributed by atoms with Crippen LogP contribution in [0.2, 0.25) is 0 Å². The van der Waals surface area contributed by atoms with Crippen LogP contribution in [0.4, 0.5) is 0 Å². The van der Waals surface area contributed by atoms with Crippen LogP contribution >= 0.6 is 0 Å². The fraction of sp³-hybridized carbons (Fsp3) is 0.933. The smallest absolute Gasteiger partial charge is 0.310 e. The number of ether oxygens (including phenoxy) is 1. The van der Waals surface area contributed by atoms with Crippen molar-refractivity contribution < 1.29 is 9.53 Å². The third-order valence-corrected chi connectivity index (χ3v) is 5.26. The summed E-state index contributed by atoms with van der Waals surface area (Å²) < 4.78 is 5.29. The van der Waals surface area contributed by atoms with Gasteiger partial charge in [-0.15, -0.1) is 0 Å². The summed E-state index contributed by atoms with van der Waals surface area (Å²) in [6, 6.07) is 1.07. The van der Waals surface area contributed by atoms with Crippen molar-refractivity contribution in [2.45, 2.75) is 64.0 Å². The van der Waals surface area contributed by atoms with Gasteiger partial charge in [-0.3, -0.25) is 4.79 Å². The third kappa shape index (κ3) is 2.18. The number of hydrogen-bond acceptors (Lipinski definition) is 3. The molecule has 1 N–H and O–H groups in total. The predicted octanol–water partition coefficient (Wildman–Crippen LogP) is 2.50. The molecular formula is C15H25NO2. The molecule has 4 atom stereocenters. The standard InChI is InChI=1S/C15H25NO2/c1-2-18-15(17)13-10-7-8-11(9-10)14(13)16-12-5-3-4-6-12/h10-14,16H,2-9H2,1H3/t10-,11+,13-,14+/m1/s1. The molecule has 3 aliphatic carbocycles. The molecule has 3 saturated carbocycles. The van der Waals surface area contributed by atoms with E-state index in [1.807, 2.05) is 6.92 Å². The summed E-state index contributed by atoms with van der Waals surface area (Å²) >= 11 is 0. The zero-order valence-electron chi connectivity index (χ0n) is 11.4. The lowest BCUT2D eigenvalue weighted by molar-refractivity contribution is -0.150. The quantitative estimate of drug-likeness (QED) is 0.780. The van der Waals surface area contributed by atoms with Crippen molar-refractivity contribution in [3.8, 4) is 0 Å². The first-order valence-electron chi connectivity index (χ1n) is 7.72. The Kier molecular flexibility index (Phi) is 3.60. The summed E-state index contributed by atoms with van der Waals surface area (Å²) in [6.45, 7) is 2.42. The van der Waals surface area contributed by atoms with E-state index in [1.165, 1.54) is 44.9 Å². The maximum Gasteiger partial charge on any atom is 0.310 e. The molecule has 0 aromatic heterocycles. The fourth-order valence-corrected chi connectivity index (χ4v) is 4.47.